The number of hydrogen-bond acceptors (Lipinski definition) is 6. The molecule has 8 heteroatoms. The van der Waals surface area contributed by atoms with Crippen LogP contribution in [0.4, 0.5) is 28.6 Å². The number of aromatic nitrogens is 2. The number of amides is 2. The second-order valence-electron chi connectivity index (χ2n) is 9.80. The Morgan fingerprint density at radius 1 is 1.03 bits per heavy atom. The normalized spacial score (nSPS) is 15.3. The molecular weight excluding hydrogens is 440 g/mol. The van der Waals surface area contributed by atoms with E-state index >= 15 is 0 Å². The fourth-order valence-corrected chi connectivity index (χ4v) is 4.72. The quantitative estimate of drug-likeness (QED) is 0.399. The molecule has 35 heavy (non-hydrogen) atoms. The predicted octanol–water partition coefficient (Wildman–Crippen LogP) is 5.11. The Bertz CT molecular complexity index is 1250. The van der Waals surface area contributed by atoms with Gasteiger partial charge in [-0.3, -0.25) is 9.59 Å². The molecule has 0 atom stereocenters. The van der Waals surface area contributed by atoms with Gasteiger partial charge >= 0.3 is 0 Å². The lowest BCUT2D eigenvalue weighted by Gasteiger charge is -2.26. The minimum atomic E-state index is -0.730. The summed E-state index contributed by atoms with van der Waals surface area (Å²) in [5.41, 5.74) is 3.54. The number of hydrogen-bond donors (Lipinski definition) is 4. The number of carbonyl (C=O) groups excluding carboxylic acids is 2. The Kier molecular flexibility index (Phi) is 6.11. The van der Waals surface area contributed by atoms with Crippen LogP contribution in [-0.2, 0) is 10.2 Å². The van der Waals surface area contributed by atoms with Crippen molar-refractivity contribution < 1.29 is 9.59 Å². The van der Waals surface area contributed by atoms with Gasteiger partial charge in [0.25, 0.3) is 5.91 Å². The van der Waals surface area contributed by atoms with Crippen molar-refractivity contribution in [1.29, 1.82) is 0 Å². The zero-order chi connectivity index (χ0) is 24.4. The second kappa shape index (κ2) is 9.37. The van der Waals surface area contributed by atoms with Crippen LogP contribution in [0, 0.1) is 5.92 Å². The highest BCUT2D eigenvalue weighted by Crippen LogP contribution is 2.37. The highest BCUT2D eigenvalue weighted by atomic mass is 16.2. The lowest BCUT2D eigenvalue weighted by molar-refractivity contribution is -0.125. The lowest BCUT2D eigenvalue weighted by Crippen LogP contribution is -2.41. The predicted molar refractivity (Wildman–Crippen MR) is 137 cm³/mol. The van der Waals surface area contributed by atoms with Crippen LogP contribution in [-0.4, -0.2) is 28.3 Å². The maximum atomic E-state index is 13.1. The average Bonchev–Trinajstić information content (AvgIpc) is 3.33. The number of benzene rings is 2. The summed E-state index contributed by atoms with van der Waals surface area (Å²) < 4.78 is 0. The summed E-state index contributed by atoms with van der Waals surface area (Å²) in [7, 11) is 0. The van der Waals surface area contributed by atoms with Crippen molar-refractivity contribution in [2.24, 2.45) is 5.92 Å². The Labute approximate surface area is 205 Å². The van der Waals surface area contributed by atoms with Gasteiger partial charge in [-0.05, 0) is 74.6 Å². The van der Waals surface area contributed by atoms with Gasteiger partial charge in [0.15, 0.2) is 0 Å². The summed E-state index contributed by atoms with van der Waals surface area (Å²) in [6.07, 6.45) is 8.02. The lowest BCUT2D eigenvalue weighted by atomic mass is 9.83. The van der Waals surface area contributed by atoms with Crippen molar-refractivity contribution in [3.8, 4) is 0 Å². The Balaban J connectivity index is 1.36. The van der Waals surface area contributed by atoms with E-state index in [1.54, 1.807) is 18.3 Å². The maximum absolute atomic E-state index is 13.1. The van der Waals surface area contributed by atoms with E-state index in [4.69, 9.17) is 0 Å². The Hall–Kier alpha value is -3.94. The molecule has 1 saturated carbocycles. The van der Waals surface area contributed by atoms with E-state index in [1.165, 1.54) is 32.0 Å². The zero-order valence-electron chi connectivity index (χ0n) is 20.0. The number of anilines is 5. The molecule has 0 unspecified atom stereocenters. The van der Waals surface area contributed by atoms with E-state index in [1.807, 2.05) is 44.2 Å². The summed E-state index contributed by atoms with van der Waals surface area (Å²) in [5.74, 6) is 1.04. The van der Waals surface area contributed by atoms with Crippen molar-refractivity contribution in [2.75, 3.05) is 22.5 Å². The third kappa shape index (κ3) is 4.82. The van der Waals surface area contributed by atoms with Crippen LogP contribution in [0.3, 0.4) is 0 Å². The third-order valence-electron chi connectivity index (χ3n) is 6.97. The summed E-state index contributed by atoms with van der Waals surface area (Å²) in [6.45, 7) is 4.57. The van der Waals surface area contributed by atoms with Crippen LogP contribution in [0.2, 0.25) is 0 Å². The first-order valence-corrected chi connectivity index (χ1v) is 12.1. The van der Waals surface area contributed by atoms with Crippen LogP contribution in [0.5, 0.6) is 0 Å². The molecule has 2 heterocycles. The molecule has 1 fully saturated rings. The molecule has 4 N–H and O–H groups in total. The molecule has 2 amide bonds. The number of nitrogens with one attached hydrogen (secondary N) is 4. The van der Waals surface area contributed by atoms with Gasteiger partial charge in [-0.1, -0.05) is 18.9 Å². The molecule has 2 aromatic carbocycles. The van der Waals surface area contributed by atoms with E-state index in [-0.39, 0.29) is 11.8 Å². The maximum Gasteiger partial charge on any atom is 0.257 e. The fraction of sp³-hybridized carbons (Fsp3) is 0.333. The number of nitrogens with zero attached hydrogens (tertiary/aromatic N) is 2. The highest BCUT2D eigenvalue weighted by Gasteiger charge is 2.32. The Morgan fingerprint density at radius 3 is 2.63 bits per heavy atom. The van der Waals surface area contributed by atoms with Gasteiger partial charge in [-0.15, -0.1) is 0 Å². The van der Waals surface area contributed by atoms with Crippen LogP contribution in [0.15, 0.2) is 55.0 Å². The summed E-state index contributed by atoms with van der Waals surface area (Å²) in [4.78, 5) is 34.2. The molecule has 0 radical (unpaired) electrons. The van der Waals surface area contributed by atoms with E-state index in [0.29, 0.717) is 28.7 Å². The van der Waals surface area contributed by atoms with Crippen molar-refractivity contribution in [3.63, 3.8) is 0 Å². The van der Waals surface area contributed by atoms with Gasteiger partial charge in [-0.25, -0.2) is 9.97 Å². The molecule has 5 rings (SSSR count). The Morgan fingerprint density at radius 2 is 1.86 bits per heavy atom. The first-order chi connectivity index (χ1) is 16.9. The van der Waals surface area contributed by atoms with Crippen molar-refractivity contribution >= 4 is 40.4 Å². The van der Waals surface area contributed by atoms with Gasteiger partial charge in [-0.2, -0.15) is 0 Å². The van der Waals surface area contributed by atoms with Gasteiger partial charge in [0, 0.05) is 18.4 Å². The van der Waals surface area contributed by atoms with Crippen LogP contribution in [0.25, 0.3) is 0 Å². The van der Waals surface area contributed by atoms with E-state index < -0.39 is 5.41 Å². The summed E-state index contributed by atoms with van der Waals surface area (Å²) in [5, 5.41) is 12.7. The SMILES string of the molecule is CC(C)(C(=O)NCC1CCCC1)c1ccc2c(c1)NC(=O)c1ccc(Nc3ccncn3)cc1N2. The topological polar surface area (TPSA) is 108 Å². The number of fused-ring (bicyclic) bond motifs is 2. The van der Waals surface area contributed by atoms with Gasteiger partial charge < -0.3 is 21.3 Å². The van der Waals surface area contributed by atoms with Gasteiger partial charge in [0.2, 0.25) is 5.91 Å². The second-order valence-corrected chi connectivity index (χ2v) is 9.80. The first-order valence-electron chi connectivity index (χ1n) is 12.1. The number of carbonyl (C=O) groups is 2. The van der Waals surface area contributed by atoms with E-state index in [0.717, 1.165) is 23.5 Å². The smallest absolute Gasteiger partial charge is 0.257 e. The van der Waals surface area contributed by atoms with E-state index in [9.17, 15) is 9.59 Å². The standard InChI is InChI=1S/C27H30N6O2/c1-27(2,26(35)29-15-17-5-3-4-6-17)18-7-10-21-23(13-18)33-25(34)20-9-8-19(14-22(20)32-21)31-24-11-12-28-16-30-24/h7-14,16-17,32H,3-6,15H2,1-2H3,(H,29,35)(H,33,34)(H,28,30,31). The van der Waals surface area contributed by atoms with Crippen molar-refractivity contribution in [1.82, 2.24) is 15.3 Å². The monoisotopic (exact) mass is 470 g/mol. The average molecular weight is 471 g/mol. The molecule has 1 aliphatic carbocycles. The molecule has 0 saturated heterocycles. The van der Waals surface area contributed by atoms with Crippen molar-refractivity contribution in [3.05, 3.63) is 66.1 Å². The molecule has 1 aromatic heterocycles. The van der Waals surface area contributed by atoms with Crippen LogP contribution < -0.4 is 21.3 Å². The van der Waals surface area contributed by atoms with Crippen LogP contribution >= 0.6 is 0 Å². The molecule has 3 aromatic rings. The fourth-order valence-electron chi connectivity index (χ4n) is 4.72. The van der Waals surface area contributed by atoms with Crippen LogP contribution in [0.1, 0.15) is 55.5 Å². The molecule has 1 aliphatic heterocycles. The molecule has 8 nitrogen and oxygen atoms in total. The van der Waals surface area contributed by atoms with E-state index in [2.05, 4.69) is 31.2 Å². The van der Waals surface area contributed by atoms with Gasteiger partial charge in [0.05, 0.1) is 28.0 Å². The largest absolute Gasteiger partial charge is 0.355 e. The summed E-state index contributed by atoms with van der Waals surface area (Å²) in [6, 6.07) is 13.0. The molecule has 0 bridgehead atoms. The molecule has 0 spiro atoms. The molecular formula is C27H30N6O2. The first kappa shape index (κ1) is 22.8. The minimum Gasteiger partial charge on any atom is -0.355 e. The molecule has 180 valence electrons. The summed E-state index contributed by atoms with van der Waals surface area (Å²) >= 11 is 0. The van der Waals surface area contributed by atoms with Crippen molar-refractivity contribution in [2.45, 2.75) is 44.9 Å². The van der Waals surface area contributed by atoms with Gasteiger partial charge in [0.1, 0.15) is 12.1 Å². The molecule has 2 aliphatic rings. The number of rotatable bonds is 6. The zero-order valence-corrected chi connectivity index (χ0v) is 20.0. The highest BCUT2D eigenvalue weighted by molar-refractivity contribution is 6.12. The minimum absolute atomic E-state index is 0.000909. The third-order valence-corrected chi connectivity index (χ3v) is 6.97.